The lowest BCUT2D eigenvalue weighted by Crippen LogP contribution is -2.32. The minimum absolute atomic E-state index is 0.131. The first-order chi connectivity index (χ1) is 8.79. The smallest absolute Gasteiger partial charge is 0.309 e. The van der Waals surface area contributed by atoms with E-state index in [1.54, 1.807) is 12.6 Å². The van der Waals surface area contributed by atoms with Crippen LogP contribution >= 0.6 is 0 Å². The Labute approximate surface area is 108 Å². The zero-order valence-corrected chi connectivity index (χ0v) is 10.7. The van der Waals surface area contributed by atoms with E-state index in [2.05, 4.69) is 10.3 Å². The van der Waals surface area contributed by atoms with Crippen molar-refractivity contribution < 1.29 is 9.53 Å². The highest BCUT2D eigenvalue weighted by atomic mass is 16.5. The second-order valence-corrected chi connectivity index (χ2v) is 4.83. The van der Waals surface area contributed by atoms with Crippen LogP contribution in [0.2, 0.25) is 0 Å². The maximum atomic E-state index is 10.4. The summed E-state index contributed by atoms with van der Waals surface area (Å²) in [7, 11) is 0. The van der Waals surface area contributed by atoms with Gasteiger partial charge in [0, 0.05) is 24.2 Å². The molecule has 2 unspecified atom stereocenters. The Morgan fingerprint density at radius 2 is 2.28 bits per heavy atom. The van der Waals surface area contributed by atoms with Gasteiger partial charge in [0.15, 0.2) is 0 Å². The van der Waals surface area contributed by atoms with Gasteiger partial charge in [0.1, 0.15) is 6.10 Å². The van der Waals surface area contributed by atoms with Gasteiger partial charge in [0.25, 0.3) is 0 Å². The van der Waals surface area contributed by atoms with Crippen molar-refractivity contribution >= 4 is 6.41 Å². The van der Waals surface area contributed by atoms with Crippen LogP contribution in [0.25, 0.3) is 0 Å². The summed E-state index contributed by atoms with van der Waals surface area (Å²) < 4.78 is 5.96. The van der Waals surface area contributed by atoms with E-state index in [0.717, 1.165) is 37.7 Å². The molecule has 1 aromatic rings. The van der Waals surface area contributed by atoms with Crippen LogP contribution in [0.15, 0.2) is 18.3 Å². The monoisotopic (exact) mass is 247 g/mol. The van der Waals surface area contributed by atoms with Gasteiger partial charge in [-0.25, -0.2) is 4.98 Å². The molecule has 1 N–H and O–H groups in total. The molecule has 97 valence electrons. The molecule has 2 atom stereocenters. The number of aromatic nitrogens is 1. The summed E-state index contributed by atoms with van der Waals surface area (Å²) in [6.07, 6.45) is 8.79. The number of amides is 1. The SMILES string of the molecule is Cc1cccnc1OC1CCCCC(N[C]=O)C1. The first-order valence-electron chi connectivity index (χ1n) is 6.50. The van der Waals surface area contributed by atoms with Crippen LogP contribution in [0.3, 0.4) is 0 Å². The molecule has 4 nitrogen and oxygen atoms in total. The molecule has 1 saturated carbocycles. The molecule has 1 amide bonds. The molecule has 1 heterocycles. The lowest BCUT2D eigenvalue weighted by Gasteiger charge is -2.20. The topological polar surface area (TPSA) is 51.2 Å². The van der Waals surface area contributed by atoms with Crippen molar-refractivity contribution in [2.45, 2.75) is 51.2 Å². The third-order valence-electron chi connectivity index (χ3n) is 3.38. The number of rotatable bonds is 4. The maximum absolute atomic E-state index is 10.4. The highest BCUT2D eigenvalue weighted by molar-refractivity contribution is 5.47. The van der Waals surface area contributed by atoms with E-state index in [1.807, 2.05) is 19.1 Å². The molecule has 18 heavy (non-hydrogen) atoms. The van der Waals surface area contributed by atoms with E-state index in [9.17, 15) is 4.79 Å². The van der Waals surface area contributed by atoms with E-state index < -0.39 is 0 Å². The number of nitrogens with zero attached hydrogens (tertiary/aromatic N) is 1. The van der Waals surface area contributed by atoms with Crippen molar-refractivity contribution in [3.63, 3.8) is 0 Å². The van der Waals surface area contributed by atoms with Crippen LogP contribution in [0.1, 0.15) is 37.7 Å². The summed E-state index contributed by atoms with van der Waals surface area (Å²) in [4.78, 5) is 14.7. The van der Waals surface area contributed by atoms with Crippen LogP contribution in [-0.2, 0) is 4.79 Å². The van der Waals surface area contributed by atoms with E-state index in [-0.39, 0.29) is 12.1 Å². The first kappa shape index (κ1) is 12.9. The van der Waals surface area contributed by atoms with Gasteiger partial charge in [-0.3, -0.25) is 4.79 Å². The van der Waals surface area contributed by atoms with E-state index in [4.69, 9.17) is 4.74 Å². The normalized spacial score (nSPS) is 24.1. The van der Waals surface area contributed by atoms with Gasteiger partial charge in [-0.05, 0) is 32.3 Å². The minimum atomic E-state index is 0.131. The van der Waals surface area contributed by atoms with Gasteiger partial charge in [-0.2, -0.15) is 0 Å². The maximum Gasteiger partial charge on any atom is 0.309 e. The number of hydrogen-bond donors (Lipinski definition) is 1. The van der Waals surface area contributed by atoms with Crippen molar-refractivity contribution in [3.8, 4) is 5.88 Å². The van der Waals surface area contributed by atoms with Crippen LogP contribution in [0, 0.1) is 6.92 Å². The second kappa shape index (κ2) is 6.38. The summed E-state index contributed by atoms with van der Waals surface area (Å²) in [6, 6.07) is 4.08. The lowest BCUT2D eigenvalue weighted by atomic mass is 10.1. The molecular weight excluding hydrogens is 228 g/mol. The molecule has 1 fully saturated rings. The summed E-state index contributed by atoms with van der Waals surface area (Å²) in [6.45, 7) is 1.99. The van der Waals surface area contributed by atoms with E-state index in [0.29, 0.717) is 5.88 Å². The van der Waals surface area contributed by atoms with Crippen molar-refractivity contribution in [2.75, 3.05) is 0 Å². The molecule has 0 bridgehead atoms. The standard InChI is InChI=1S/C14H19N2O2/c1-11-5-4-8-15-14(11)18-13-7-3-2-6-12(9-13)16-10-17/h4-5,8,12-13H,2-3,6-7,9H2,1H3,(H,16,17). The number of aryl methyl sites for hydroxylation is 1. The van der Waals surface area contributed by atoms with E-state index >= 15 is 0 Å². The summed E-state index contributed by atoms with van der Waals surface area (Å²) in [5, 5.41) is 2.75. The number of pyridine rings is 1. The van der Waals surface area contributed by atoms with Crippen LogP contribution in [0.5, 0.6) is 5.88 Å². The Morgan fingerprint density at radius 3 is 3.06 bits per heavy atom. The Balaban J connectivity index is 1.99. The Kier molecular flexibility index (Phi) is 4.56. The van der Waals surface area contributed by atoms with Gasteiger partial charge in [-0.15, -0.1) is 0 Å². The molecule has 1 aliphatic carbocycles. The fraction of sp³-hybridized carbons (Fsp3) is 0.571. The molecule has 1 radical (unpaired) electrons. The molecule has 4 heteroatoms. The van der Waals surface area contributed by atoms with Crippen LogP contribution in [0.4, 0.5) is 0 Å². The summed E-state index contributed by atoms with van der Waals surface area (Å²) >= 11 is 0. The van der Waals surface area contributed by atoms with Crippen LogP contribution < -0.4 is 10.1 Å². The Hall–Kier alpha value is -1.58. The average molecular weight is 247 g/mol. The van der Waals surface area contributed by atoms with E-state index in [1.165, 1.54) is 0 Å². The Morgan fingerprint density at radius 1 is 1.44 bits per heavy atom. The fourth-order valence-corrected chi connectivity index (χ4v) is 2.39. The second-order valence-electron chi connectivity index (χ2n) is 4.83. The minimum Gasteiger partial charge on any atom is -0.474 e. The molecule has 0 aliphatic heterocycles. The average Bonchev–Trinajstić information content (AvgIpc) is 2.58. The van der Waals surface area contributed by atoms with Crippen molar-refractivity contribution in [3.05, 3.63) is 23.9 Å². The molecular formula is C14H19N2O2. The van der Waals surface area contributed by atoms with Gasteiger partial charge < -0.3 is 10.1 Å². The summed E-state index contributed by atoms with van der Waals surface area (Å²) in [5.74, 6) is 0.707. The zero-order valence-electron chi connectivity index (χ0n) is 10.7. The summed E-state index contributed by atoms with van der Waals surface area (Å²) in [5.41, 5.74) is 1.05. The Bertz CT molecular complexity index is 395. The molecule has 2 rings (SSSR count). The number of ether oxygens (including phenoxy) is 1. The van der Waals surface area contributed by atoms with Gasteiger partial charge in [0.05, 0.1) is 0 Å². The van der Waals surface area contributed by atoms with Crippen LogP contribution in [-0.4, -0.2) is 23.5 Å². The van der Waals surface area contributed by atoms with Gasteiger partial charge in [0.2, 0.25) is 5.88 Å². The first-order valence-corrected chi connectivity index (χ1v) is 6.50. The van der Waals surface area contributed by atoms with Gasteiger partial charge >= 0.3 is 6.41 Å². The molecule has 1 aromatic heterocycles. The molecule has 0 aromatic carbocycles. The predicted octanol–water partition coefficient (Wildman–Crippen LogP) is 2.13. The third kappa shape index (κ3) is 3.45. The van der Waals surface area contributed by atoms with Gasteiger partial charge in [-0.1, -0.05) is 12.5 Å². The largest absolute Gasteiger partial charge is 0.474 e. The fourth-order valence-electron chi connectivity index (χ4n) is 2.39. The van der Waals surface area contributed by atoms with Crippen molar-refractivity contribution in [1.82, 2.24) is 10.3 Å². The van der Waals surface area contributed by atoms with Crippen molar-refractivity contribution in [2.24, 2.45) is 0 Å². The quantitative estimate of drug-likeness (QED) is 0.655. The molecule has 0 saturated heterocycles. The third-order valence-corrected chi connectivity index (χ3v) is 3.38. The molecule has 1 aliphatic rings. The molecule has 0 spiro atoms. The number of hydrogen-bond acceptors (Lipinski definition) is 3. The number of carbonyl (C=O) groups excluding carboxylic acids is 1. The highest BCUT2D eigenvalue weighted by Gasteiger charge is 2.22. The number of nitrogens with one attached hydrogen (secondary N) is 1. The zero-order chi connectivity index (χ0) is 12.8. The lowest BCUT2D eigenvalue weighted by molar-refractivity contribution is 0.167. The highest BCUT2D eigenvalue weighted by Crippen LogP contribution is 2.23. The predicted molar refractivity (Wildman–Crippen MR) is 69.1 cm³/mol. The van der Waals surface area contributed by atoms with Crippen molar-refractivity contribution in [1.29, 1.82) is 0 Å².